The minimum absolute atomic E-state index is 0.0301. The third-order valence-corrected chi connectivity index (χ3v) is 2.18. The second kappa shape index (κ2) is 6.00. The highest BCUT2D eigenvalue weighted by Gasteiger charge is 2.28. The summed E-state index contributed by atoms with van der Waals surface area (Å²) in [4.78, 5) is 0. The van der Waals surface area contributed by atoms with Gasteiger partial charge in [0.1, 0.15) is 0 Å². The maximum absolute atomic E-state index is 12.0. The number of alkyl halides is 3. The van der Waals surface area contributed by atoms with Crippen molar-refractivity contribution in [1.29, 1.82) is 0 Å². The van der Waals surface area contributed by atoms with Crippen molar-refractivity contribution in [2.45, 2.75) is 45.3 Å². The molecular formula is C10H16F3N3O. The number of aryl methyl sites for hydroxylation is 1. The van der Waals surface area contributed by atoms with Crippen molar-refractivity contribution < 1.29 is 17.6 Å². The molecule has 98 valence electrons. The molecule has 1 aromatic rings. The van der Waals surface area contributed by atoms with E-state index in [9.17, 15) is 13.2 Å². The van der Waals surface area contributed by atoms with Crippen LogP contribution in [0.25, 0.3) is 0 Å². The summed E-state index contributed by atoms with van der Waals surface area (Å²) in [5, 5.41) is 10.4. The largest absolute Gasteiger partial charge is 0.424 e. The SMILES string of the molecule is CCCNC(C)c1nnc(CCC(F)(F)F)o1. The Hall–Kier alpha value is -1.11. The van der Waals surface area contributed by atoms with Crippen molar-refractivity contribution in [3.8, 4) is 0 Å². The molecule has 0 spiro atoms. The fourth-order valence-corrected chi connectivity index (χ4v) is 1.24. The van der Waals surface area contributed by atoms with Crippen LogP contribution in [0.4, 0.5) is 13.2 Å². The van der Waals surface area contributed by atoms with Crippen molar-refractivity contribution in [3.05, 3.63) is 11.8 Å². The molecule has 1 rings (SSSR count). The van der Waals surface area contributed by atoms with Gasteiger partial charge in [0.2, 0.25) is 11.8 Å². The molecule has 1 atom stereocenters. The average Bonchev–Trinajstić information content (AvgIpc) is 2.70. The van der Waals surface area contributed by atoms with Crippen LogP contribution < -0.4 is 5.32 Å². The van der Waals surface area contributed by atoms with Crippen LogP contribution in [0.1, 0.15) is 44.5 Å². The number of hydrogen-bond donors (Lipinski definition) is 1. The zero-order valence-electron chi connectivity index (χ0n) is 9.84. The summed E-state index contributed by atoms with van der Waals surface area (Å²) in [5.41, 5.74) is 0. The maximum atomic E-state index is 12.0. The fourth-order valence-electron chi connectivity index (χ4n) is 1.24. The van der Waals surface area contributed by atoms with Gasteiger partial charge in [-0.25, -0.2) is 0 Å². The lowest BCUT2D eigenvalue weighted by Crippen LogP contribution is -2.19. The minimum Gasteiger partial charge on any atom is -0.424 e. The molecule has 1 unspecified atom stereocenters. The van der Waals surface area contributed by atoms with Crippen LogP contribution in [0.3, 0.4) is 0 Å². The maximum Gasteiger partial charge on any atom is 0.389 e. The molecule has 4 nitrogen and oxygen atoms in total. The lowest BCUT2D eigenvalue weighted by atomic mass is 10.3. The van der Waals surface area contributed by atoms with E-state index in [1.807, 2.05) is 13.8 Å². The van der Waals surface area contributed by atoms with Gasteiger partial charge in [-0.3, -0.25) is 0 Å². The zero-order valence-corrected chi connectivity index (χ0v) is 9.84. The Labute approximate surface area is 97.6 Å². The molecule has 0 radical (unpaired) electrons. The molecule has 0 aliphatic heterocycles. The molecule has 0 fully saturated rings. The molecule has 0 saturated carbocycles. The van der Waals surface area contributed by atoms with E-state index in [4.69, 9.17) is 4.42 Å². The summed E-state index contributed by atoms with van der Waals surface area (Å²) in [5.74, 6) is 0.359. The highest BCUT2D eigenvalue weighted by Crippen LogP contribution is 2.22. The third kappa shape index (κ3) is 5.16. The number of aromatic nitrogens is 2. The van der Waals surface area contributed by atoms with Gasteiger partial charge in [-0.2, -0.15) is 13.2 Å². The average molecular weight is 251 g/mol. The van der Waals surface area contributed by atoms with Crippen molar-refractivity contribution in [3.63, 3.8) is 0 Å². The van der Waals surface area contributed by atoms with Crippen molar-refractivity contribution in [1.82, 2.24) is 15.5 Å². The highest BCUT2D eigenvalue weighted by molar-refractivity contribution is 4.88. The van der Waals surface area contributed by atoms with Gasteiger partial charge < -0.3 is 9.73 Å². The number of halogens is 3. The summed E-state index contributed by atoms with van der Waals surface area (Å²) in [6.45, 7) is 4.64. The molecular weight excluding hydrogens is 235 g/mol. The Morgan fingerprint density at radius 2 is 2.06 bits per heavy atom. The van der Waals surface area contributed by atoms with E-state index in [0.717, 1.165) is 13.0 Å². The summed E-state index contributed by atoms with van der Waals surface area (Å²) in [6, 6.07) is -0.137. The first-order valence-corrected chi connectivity index (χ1v) is 5.54. The molecule has 1 heterocycles. The van der Waals surface area contributed by atoms with Crippen LogP contribution in [0.2, 0.25) is 0 Å². The second-order valence-electron chi connectivity index (χ2n) is 3.83. The quantitative estimate of drug-likeness (QED) is 0.844. The van der Waals surface area contributed by atoms with Crippen molar-refractivity contribution in [2.75, 3.05) is 6.54 Å². The summed E-state index contributed by atoms with van der Waals surface area (Å²) in [6.07, 6.45) is -4.44. The fraction of sp³-hybridized carbons (Fsp3) is 0.800. The van der Waals surface area contributed by atoms with E-state index in [0.29, 0.717) is 5.89 Å². The van der Waals surface area contributed by atoms with E-state index >= 15 is 0 Å². The lowest BCUT2D eigenvalue weighted by Gasteiger charge is -2.07. The number of nitrogens with zero attached hydrogens (tertiary/aromatic N) is 2. The summed E-state index contributed by atoms with van der Waals surface area (Å²) >= 11 is 0. The topological polar surface area (TPSA) is 51.0 Å². The Bertz CT molecular complexity index is 338. The molecule has 0 amide bonds. The van der Waals surface area contributed by atoms with E-state index in [1.54, 1.807) is 0 Å². The Balaban J connectivity index is 2.47. The normalized spacial score (nSPS) is 13.9. The standard InChI is InChI=1S/C10H16F3N3O/c1-3-6-14-7(2)9-16-15-8(17-9)4-5-10(11,12)13/h7,14H,3-6H2,1-2H3. The van der Waals surface area contributed by atoms with Gasteiger partial charge >= 0.3 is 6.18 Å². The Morgan fingerprint density at radius 1 is 1.35 bits per heavy atom. The predicted molar refractivity (Wildman–Crippen MR) is 55.4 cm³/mol. The molecule has 1 aromatic heterocycles. The van der Waals surface area contributed by atoms with E-state index in [-0.39, 0.29) is 18.4 Å². The molecule has 0 bridgehead atoms. The minimum atomic E-state index is -4.19. The van der Waals surface area contributed by atoms with Crippen LogP contribution >= 0.6 is 0 Å². The molecule has 17 heavy (non-hydrogen) atoms. The van der Waals surface area contributed by atoms with E-state index in [1.165, 1.54) is 0 Å². The number of hydrogen-bond acceptors (Lipinski definition) is 4. The predicted octanol–water partition coefficient (Wildman–Crippen LogP) is 2.63. The summed E-state index contributed by atoms with van der Waals surface area (Å²) in [7, 11) is 0. The molecule has 0 aromatic carbocycles. The summed E-state index contributed by atoms with van der Waals surface area (Å²) < 4.78 is 41.1. The van der Waals surface area contributed by atoms with Crippen molar-refractivity contribution >= 4 is 0 Å². The molecule has 0 aliphatic rings. The number of nitrogens with one attached hydrogen (secondary N) is 1. The Morgan fingerprint density at radius 3 is 2.65 bits per heavy atom. The third-order valence-electron chi connectivity index (χ3n) is 2.18. The van der Waals surface area contributed by atoms with Gasteiger partial charge in [-0.1, -0.05) is 6.92 Å². The number of rotatable bonds is 6. The molecule has 0 saturated heterocycles. The van der Waals surface area contributed by atoms with Crippen LogP contribution in [0.15, 0.2) is 4.42 Å². The Kier molecular flexibility index (Phi) is 4.92. The lowest BCUT2D eigenvalue weighted by molar-refractivity contribution is -0.134. The van der Waals surface area contributed by atoms with Gasteiger partial charge in [-0.05, 0) is 19.9 Å². The van der Waals surface area contributed by atoms with Crippen LogP contribution in [0.5, 0.6) is 0 Å². The smallest absolute Gasteiger partial charge is 0.389 e. The van der Waals surface area contributed by atoms with E-state index < -0.39 is 12.6 Å². The van der Waals surface area contributed by atoms with Gasteiger partial charge in [0.25, 0.3) is 0 Å². The second-order valence-corrected chi connectivity index (χ2v) is 3.83. The van der Waals surface area contributed by atoms with Crippen molar-refractivity contribution in [2.24, 2.45) is 0 Å². The highest BCUT2D eigenvalue weighted by atomic mass is 19.4. The van der Waals surface area contributed by atoms with Crippen LogP contribution in [-0.2, 0) is 6.42 Å². The van der Waals surface area contributed by atoms with Gasteiger partial charge in [0.05, 0.1) is 12.5 Å². The molecule has 7 heteroatoms. The van der Waals surface area contributed by atoms with E-state index in [2.05, 4.69) is 15.5 Å². The first-order valence-electron chi connectivity index (χ1n) is 5.54. The van der Waals surface area contributed by atoms with Gasteiger partial charge in [0.15, 0.2) is 0 Å². The molecule has 1 N–H and O–H groups in total. The van der Waals surface area contributed by atoms with Gasteiger partial charge in [-0.15, -0.1) is 10.2 Å². The van der Waals surface area contributed by atoms with Gasteiger partial charge in [0, 0.05) is 6.42 Å². The monoisotopic (exact) mass is 251 g/mol. The van der Waals surface area contributed by atoms with Crippen LogP contribution in [0, 0.1) is 0 Å². The molecule has 0 aliphatic carbocycles. The van der Waals surface area contributed by atoms with Crippen LogP contribution in [-0.4, -0.2) is 22.9 Å². The first-order chi connectivity index (χ1) is 7.92. The first kappa shape index (κ1) is 14.0. The zero-order chi connectivity index (χ0) is 12.9.